The van der Waals surface area contributed by atoms with Crippen molar-refractivity contribution in [2.45, 2.75) is 0 Å². The van der Waals surface area contributed by atoms with Gasteiger partial charge >= 0.3 is 0 Å². The quantitative estimate of drug-likeness (QED) is 0.720. The van der Waals surface area contributed by atoms with Crippen LogP contribution in [0.4, 0.5) is 0 Å². The van der Waals surface area contributed by atoms with Gasteiger partial charge in [-0.05, 0) is 18.2 Å². The smallest absolute Gasteiger partial charge is 0.161 e. The Labute approximate surface area is 72.1 Å². The van der Waals surface area contributed by atoms with Crippen molar-refractivity contribution in [2.24, 2.45) is 5.73 Å². The van der Waals surface area contributed by atoms with Crippen LogP contribution in [-0.4, -0.2) is 20.3 Å². The highest BCUT2D eigenvalue weighted by molar-refractivity contribution is 5.38. The van der Waals surface area contributed by atoms with E-state index in [2.05, 4.69) is 6.07 Å². The first-order chi connectivity index (χ1) is 5.88. The molecule has 1 aromatic carbocycles. The summed E-state index contributed by atoms with van der Waals surface area (Å²) >= 11 is 0. The largest absolute Gasteiger partial charge is 0.493 e. The molecule has 65 valence electrons. The van der Waals surface area contributed by atoms with Gasteiger partial charge in [-0.15, -0.1) is 0 Å². The molecule has 12 heavy (non-hydrogen) atoms. The summed E-state index contributed by atoms with van der Waals surface area (Å²) < 4.78 is 10.4. The zero-order valence-electron chi connectivity index (χ0n) is 7.04. The summed E-state index contributed by atoms with van der Waals surface area (Å²) in [4.78, 5) is 0. The summed E-state index contributed by atoms with van der Waals surface area (Å²) in [5, 5.41) is 0. The van der Waals surface area contributed by atoms with Crippen LogP contribution in [0.5, 0.6) is 11.5 Å². The van der Waals surface area contributed by atoms with Crippen LogP contribution in [0.15, 0.2) is 18.2 Å². The Morgan fingerprint density at radius 3 is 3.00 bits per heavy atom. The van der Waals surface area contributed by atoms with Gasteiger partial charge in [0, 0.05) is 6.54 Å². The SMILES string of the molecule is COc1c[c]ccc1OCCN. The third-order valence-corrected chi connectivity index (χ3v) is 1.38. The first-order valence-corrected chi connectivity index (χ1v) is 3.75. The Kier molecular flexibility index (Phi) is 3.41. The Hall–Kier alpha value is -1.22. The van der Waals surface area contributed by atoms with Gasteiger partial charge in [0.25, 0.3) is 0 Å². The second kappa shape index (κ2) is 4.62. The van der Waals surface area contributed by atoms with Gasteiger partial charge in [0.05, 0.1) is 7.11 Å². The summed E-state index contributed by atoms with van der Waals surface area (Å²) in [5.74, 6) is 1.40. The zero-order valence-corrected chi connectivity index (χ0v) is 7.04. The molecule has 0 aliphatic carbocycles. The summed E-state index contributed by atoms with van der Waals surface area (Å²) in [6.45, 7) is 1.00. The zero-order chi connectivity index (χ0) is 8.81. The van der Waals surface area contributed by atoms with Gasteiger partial charge in [-0.2, -0.15) is 0 Å². The Balaban J connectivity index is 2.68. The minimum Gasteiger partial charge on any atom is -0.493 e. The molecule has 0 aliphatic heterocycles. The number of hydrogen-bond donors (Lipinski definition) is 1. The fourth-order valence-electron chi connectivity index (χ4n) is 0.849. The van der Waals surface area contributed by atoms with Gasteiger partial charge in [0.2, 0.25) is 0 Å². The molecular weight excluding hydrogens is 154 g/mol. The number of methoxy groups -OCH3 is 1. The molecule has 0 saturated carbocycles. The van der Waals surface area contributed by atoms with Crippen molar-refractivity contribution in [3.63, 3.8) is 0 Å². The van der Waals surface area contributed by atoms with Crippen molar-refractivity contribution >= 4 is 0 Å². The van der Waals surface area contributed by atoms with Crippen molar-refractivity contribution < 1.29 is 9.47 Å². The molecule has 0 atom stereocenters. The molecule has 0 unspecified atom stereocenters. The normalized spacial score (nSPS) is 9.50. The van der Waals surface area contributed by atoms with Gasteiger partial charge in [-0.1, -0.05) is 6.07 Å². The van der Waals surface area contributed by atoms with E-state index in [0.29, 0.717) is 24.7 Å². The predicted molar refractivity (Wildman–Crippen MR) is 46.4 cm³/mol. The molecule has 3 heteroatoms. The van der Waals surface area contributed by atoms with Crippen LogP contribution in [0.25, 0.3) is 0 Å². The van der Waals surface area contributed by atoms with Crippen LogP contribution in [0.1, 0.15) is 0 Å². The van der Waals surface area contributed by atoms with E-state index in [9.17, 15) is 0 Å². The highest BCUT2D eigenvalue weighted by atomic mass is 16.5. The average molecular weight is 166 g/mol. The van der Waals surface area contributed by atoms with Crippen LogP contribution in [0.2, 0.25) is 0 Å². The number of rotatable bonds is 4. The molecule has 0 heterocycles. The van der Waals surface area contributed by atoms with E-state index in [1.165, 1.54) is 0 Å². The van der Waals surface area contributed by atoms with E-state index < -0.39 is 0 Å². The highest BCUT2D eigenvalue weighted by Crippen LogP contribution is 2.24. The van der Waals surface area contributed by atoms with E-state index in [0.717, 1.165) is 0 Å². The van der Waals surface area contributed by atoms with Crippen LogP contribution in [-0.2, 0) is 0 Å². The third-order valence-electron chi connectivity index (χ3n) is 1.38. The lowest BCUT2D eigenvalue weighted by Gasteiger charge is -2.08. The van der Waals surface area contributed by atoms with Crippen molar-refractivity contribution in [3.8, 4) is 11.5 Å². The first kappa shape index (κ1) is 8.87. The van der Waals surface area contributed by atoms with Crippen molar-refractivity contribution in [1.29, 1.82) is 0 Å². The van der Waals surface area contributed by atoms with Gasteiger partial charge in [0.1, 0.15) is 6.61 Å². The van der Waals surface area contributed by atoms with Crippen LogP contribution in [0, 0.1) is 6.07 Å². The van der Waals surface area contributed by atoms with Crippen molar-refractivity contribution in [2.75, 3.05) is 20.3 Å². The maximum atomic E-state index is 5.31. The lowest BCUT2D eigenvalue weighted by Crippen LogP contribution is -2.10. The van der Waals surface area contributed by atoms with Crippen molar-refractivity contribution in [3.05, 3.63) is 24.3 Å². The fourth-order valence-corrected chi connectivity index (χ4v) is 0.849. The molecule has 0 bridgehead atoms. The second-order valence-electron chi connectivity index (χ2n) is 2.21. The number of ether oxygens (including phenoxy) is 2. The topological polar surface area (TPSA) is 44.5 Å². The predicted octanol–water partition coefficient (Wildman–Crippen LogP) is 0.833. The molecule has 0 saturated heterocycles. The summed E-state index contributed by atoms with van der Waals surface area (Å²) in [7, 11) is 1.60. The van der Waals surface area contributed by atoms with Crippen molar-refractivity contribution in [1.82, 2.24) is 0 Å². The van der Waals surface area contributed by atoms with Gasteiger partial charge in [-0.25, -0.2) is 0 Å². The Morgan fingerprint density at radius 1 is 1.50 bits per heavy atom. The lowest BCUT2D eigenvalue weighted by molar-refractivity contribution is 0.302. The summed E-state index contributed by atoms with van der Waals surface area (Å²) in [6.07, 6.45) is 0. The van der Waals surface area contributed by atoms with E-state index in [1.807, 2.05) is 0 Å². The molecule has 1 radical (unpaired) electrons. The monoisotopic (exact) mass is 166 g/mol. The molecule has 0 spiro atoms. The molecule has 1 aromatic rings. The minimum atomic E-state index is 0.500. The Morgan fingerprint density at radius 2 is 2.33 bits per heavy atom. The number of benzene rings is 1. The summed E-state index contributed by atoms with van der Waals surface area (Å²) in [6, 6.07) is 8.19. The molecule has 0 aliphatic rings. The Bertz CT molecular complexity index is 238. The molecule has 0 aromatic heterocycles. The lowest BCUT2D eigenvalue weighted by atomic mass is 10.3. The van der Waals surface area contributed by atoms with Crippen LogP contribution >= 0.6 is 0 Å². The van der Waals surface area contributed by atoms with E-state index in [-0.39, 0.29) is 0 Å². The maximum Gasteiger partial charge on any atom is 0.161 e. The highest BCUT2D eigenvalue weighted by Gasteiger charge is 2.00. The first-order valence-electron chi connectivity index (χ1n) is 3.75. The molecule has 0 amide bonds. The molecule has 3 nitrogen and oxygen atoms in total. The third kappa shape index (κ3) is 2.13. The van der Waals surface area contributed by atoms with E-state index >= 15 is 0 Å². The molecule has 2 N–H and O–H groups in total. The molecule has 0 fully saturated rings. The van der Waals surface area contributed by atoms with Crippen LogP contribution < -0.4 is 15.2 Å². The minimum absolute atomic E-state index is 0.500. The van der Waals surface area contributed by atoms with E-state index in [4.69, 9.17) is 15.2 Å². The molecular formula is C9H12NO2. The molecule has 1 rings (SSSR count). The standard InChI is InChI=1S/C9H12NO2/c1-11-8-4-2-3-5-9(8)12-7-6-10/h3-5H,6-7,10H2,1H3. The van der Waals surface area contributed by atoms with Crippen LogP contribution in [0.3, 0.4) is 0 Å². The van der Waals surface area contributed by atoms with E-state index in [1.54, 1.807) is 25.3 Å². The van der Waals surface area contributed by atoms with Gasteiger partial charge < -0.3 is 15.2 Å². The maximum absolute atomic E-state index is 5.31. The average Bonchev–Trinajstić information content (AvgIpc) is 2.15. The number of hydrogen-bond acceptors (Lipinski definition) is 3. The number of nitrogens with two attached hydrogens (primary N) is 1. The van der Waals surface area contributed by atoms with Gasteiger partial charge in [-0.3, -0.25) is 0 Å². The van der Waals surface area contributed by atoms with Gasteiger partial charge in [0.15, 0.2) is 11.5 Å². The summed E-state index contributed by atoms with van der Waals surface area (Å²) in [5.41, 5.74) is 5.29. The second-order valence-corrected chi connectivity index (χ2v) is 2.21. The fraction of sp³-hybridized carbons (Fsp3) is 0.333.